The second kappa shape index (κ2) is 8.46. The van der Waals surface area contributed by atoms with Gasteiger partial charge in [-0.2, -0.15) is 0 Å². The molecule has 166 valence electrons. The van der Waals surface area contributed by atoms with E-state index in [2.05, 4.69) is 18.2 Å². The van der Waals surface area contributed by atoms with Gasteiger partial charge in [-0.3, -0.25) is 14.4 Å². The van der Waals surface area contributed by atoms with Gasteiger partial charge in [-0.1, -0.05) is 36.4 Å². The fourth-order valence-corrected chi connectivity index (χ4v) is 5.73. The zero-order valence-corrected chi connectivity index (χ0v) is 18.0. The number of fused-ring (bicyclic) bond motifs is 2. The summed E-state index contributed by atoms with van der Waals surface area (Å²) in [5.74, 6) is -2.44. The van der Waals surface area contributed by atoms with Gasteiger partial charge in [-0.05, 0) is 42.2 Å². The molecular formula is C24H28O7. The van der Waals surface area contributed by atoms with E-state index in [4.69, 9.17) is 18.9 Å². The van der Waals surface area contributed by atoms with E-state index in [1.54, 1.807) is 0 Å². The molecule has 1 heterocycles. The van der Waals surface area contributed by atoms with Crippen molar-refractivity contribution in [1.29, 1.82) is 0 Å². The van der Waals surface area contributed by atoms with Crippen molar-refractivity contribution in [1.82, 2.24) is 0 Å². The summed E-state index contributed by atoms with van der Waals surface area (Å²) >= 11 is 0. The van der Waals surface area contributed by atoms with E-state index in [1.165, 1.54) is 26.9 Å². The van der Waals surface area contributed by atoms with Crippen LogP contribution in [0.2, 0.25) is 0 Å². The summed E-state index contributed by atoms with van der Waals surface area (Å²) in [6, 6.07) is 10.1. The van der Waals surface area contributed by atoms with Crippen molar-refractivity contribution in [2.24, 2.45) is 23.2 Å². The van der Waals surface area contributed by atoms with E-state index in [9.17, 15) is 14.4 Å². The lowest BCUT2D eigenvalue weighted by Crippen LogP contribution is -2.46. The standard InChI is InChI=1S/C24H28O7/c1-28-21(25)19-18-12-24(22(26)29-2,23(27)30-3)11-16(18)9-15-10-17(13-31-20(15)19)14-7-5-4-6-8-14/h4-9,16-20H,10-13H2,1-3H3/t16-,17+,18-,19+,20-/m1/s1. The Hall–Kier alpha value is -2.67. The van der Waals surface area contributed by atoms with E-state index in [-0.39, 0.29) is 36.6 Å². The Morgan fingerprint density at radius 1 is 0.968 bits per heavy atom. The molecule has 1 saturated heterocycles. The lowest BCUT2D eigenvalue weighted by Gasteiger charge is -2.42. The van der Waals surface area contributed by atoms with E-state index < -0.39 is 29.4 Å². The van der Waals surface area contributed by atoms with Gasteiger partial charge in [0, 0.05) is 5.92 Å². The molecule has 7 heteroatoms. The molecule has 0 radical (unpaired) electrons. The third-order valence-electron chi connectivity index (χ3n) is 7.15. The summed E-state index contributed by atoms with van der Waals surface area (Å²) < 4.78 is 21.3. The zero-order chi connectivity index (χ0) is 22.2. The van der Waals surface area contributed by atoms with Crippen LogP contribution < -0.4 is 0 Å². The van der Waals surface area contributed by atoms with Gasteiger partial charge < -0.3 is 18.9 Å². The van der Waals surface area contributed by atoms with Crippen LogP contribution >= 0.6 is 0 Å². The Bertz CT molecular complexity index is 874. The molecule has 1 aromatic rings. The fraction of sp³-hybridized carbons (Fsp3) is 0.542. The molecule has 3 aliphatic rings. The second-order valence-corrected chi connectivity index (χ2v) is 8.66. The lowest BCUT2D eigenvalue weighted by atomic mass is 9.69. The highest BCUT2D eigenvalue weighted by atomic mass is 16.5. The van der Waals surface area contributed by atoms with Gasteiger partial charge in [0.2, 0.25) is 0 Å². The summed E-state index contributed by atoms with van der Waals surface area (Å²) in [4.78, 5) is 38.2. The molecule has 2 fully saturated rings. The summed E-state index contributed by atoms with van der Waals surface area (Å²) in [6.07, 6.45) is 2.87. The number of carbonyl (C=O) groups excluding carboxylic acids is 3. The summed E-state index contributed by atoms with van der Waals surface area (Å²) in [6.45, 7) is 0.496. The summed E-state index contributed by atoms with van der Waals surface area (Å²) in [5, 5.41) is 0. The van der Waals surface area contributed by atoms with Crippen LogP contribution in [0.1, 0.15) is 30.7 Å². The van der Waals surface area contributed by atoms with Gasteiger partial charge in [0.1, 0.15) is 0 Å². The summed E-state index contributed by atoms with van der Waals surface area (Å²) in [7, 11) is 3.88. The topological polar surface area (TPSA) is 88.1 Å². The van der Waals surface area contributed by atoms with E-state index >= 15 is 0 Å². The minimum atomic E-state index is -1.42. The minimum absolute atomic E-state index is 0.147. The quantitative estimate of drug-likeness (QED) is 0.315. The van der Waals surface area contributed by atoms with Crippen molar-refractivity contribution in [3.05, 3.63) is 47.5 Å². The van der Waals surface area contributed by atoms with Gasteiger partial charge in [0.15, 0.2) is 5.41 Å². The Kier molecular flexibility index (Phi) is 5.88. The van der Waals surface area contributed by atoms with Crippen LogP contribution in [0.3, 0.4) is 0 Å². The number of rotatable bonds is 4. The van der Waals surface area contributed by atoms with E-state index in [1.807, 2.05) is 18.2 Å². The number of methoxy groups -OCH3 is 3. The molecule has 0 bridgehead atoms. The van der Waals surface area contributed by atoms with Crippen molar-refractivity contribution >= 4 is 17.9 Å². The van der Waals surface area contributed by atoms with Gasteiger partial charge in [-0.25, -0.2) is 0 Å². The molecule has 1 aromatic carbocycles. The first-order valence-electron chi connectivity index (χ1n) is 10.6. The average molecular weight is 428 g/mol. The minimum Gasteiger partial charge on any atom is -0.469 e. The van der Waals surface area contributed by atoms with Gasteiger partial charge >= 0.3 is 17.9 Å². The number of ether oxygens (including phenoxy) is 4. The van der Waals surface area contributed by atoms with Crippen LogP contribution in [-0.2, 0) is 33.3 Å². The first-order chi connectivity index (χ1) is 14.9. The lowest BCUT2D eigenvalue weighted by molar-refractivity contribution is -0.170. The third kappa shape index (κ3) is 3.55. The molecular weight excluding hydrogens is 400 g/mol. The van der Waals surface area contributed by atoms with Crippen LogP contribution in [0.5, 0.6) is 0 Å². The molecule has 1 saturated carbocycles. The molecule has 0 spiro atoms. The molecule has 7 nitrogen and oxygen atoms in total. The maximum Gasteiger partial charge on any atom is 0.323 e. The molecule has 0 N–H and O–H groups in total. The number of allylic oxidation sites excluding steroid dienone is 1. The SMILES string of the molecule is COC(=O)[C@H]1[C@@H]2CC(C(=O)OC)(C(=O)OC)C[C@H]2C=C2C[C@H](c3ccccc3)CO[C@H]21. The number of carbonyl (C=O) groups is 3. The Balaban J connectivity index is 1.70. The van der Waals surface area contributed by atoms with Crippen LogP contribution in [-0.4, -0.2) is 51.9 Å². The van der Waals surface area contributed by atoms with Crippen LogP contribution in [0.25, 0.3) is 0 Å². The first kappa shape index (κ1) is 21.6. The van der Waals surface area contributed by atoms with Crippen molar-refractivity contribution in [2.45, 2.75) is 31.3 Å². The van der Waals surface area contributed by atoms with Crippen molar-refractivity contribution in [2.75, 3.05) is 27.9 Å². The molecule has 1 aliphatic heterocycles. The highest BCUT2D eigenvalue weighted by Gasteiger charge is 2.62. The highest BCUT2D eigenvalue weighted by molar-refractivity contribution is 6.00. The third-order valence-corrected chi connectivity index (χ3v) is 7.15. The Morgan fingerprint density at radius 2 is 1.65 bits per heavy atom. The Labute approximate surface area is 181 Å². The predicted molar refractivity (Wildman–Crippen MR) is 110 cm³/mol. The number of esters is 3. The van der Waals surface area contributed by atoms with Crippen LogP contribution in [0.15, 0.2) is 42.0 Å². The smallest absolute Gasteiger partial charge is 0.323 e. The normalized spacial score (nSPS) is 30.9. The molecule has 0 unspecified atom stereocenters. The molecule has 0 amide bonds. The largest absolute Gasteiger partial charge is 0.469 e. The van der Waals surface area contributed by atoms with E-state index in [0.29, 0.717) is 6.61 Å². The molecule has 2 aliphatic carbocycles. The predicted octanol–water partition coefficient (Wildman–Crippen LogP) is 2.65. The molecule has 5 atom stereocenters. The Morgan fingerprint density at radius 3 is 2.26 bits per heavy atom. The number of hydrogen-bond donors (Lipinski definition) is 0. The molecule has 0 aromatic heterocycles. The van der Waals surface area contributed by atoms with Gasteiger partial charge in [0.05, 0.1) is 40.0 Å². The van der Waals surface area contributed by atoms with E-state index in [0.717, 1.165) is 12.0 Å². The maximum atomic E-state index is 12.8. The van der Waals surface area contributed by atoms with Gasteiger partial charge in [0.25, 0.3) is 0 Å². The second-order valence-electron chi connectivity index (χ2n) is 8.66. The fourth-order valence-electron chi connectivity index (χ4n) is 5.73. The monoisotopic (exact) mass is 428 g/mol. The number of hydrogen-bond acceptors (Lipinski definition) is 7. The van der Waals surface area contributed by atoms with Crippen LogP contribution in [0, 0.1) is 23.2 Å². The molecule has 31 heavy (non-hydrogen) atoms. The van der Waals surface area contributed by atoms with Crippen molar-refractivity contribution in [3.8, 4) is 0 Å². The van der Waals surface area contributed by atoms with Crippen molar-refractivity contribution < 1.29 is 33.3 Å². The maximum absolute atomic E-state index is 12.8. The van der Waals surface area contributed by atoms with Crippen LogP contribution in [0.4, 0.5) is 0 Å². The number of benzene rings is 1. The average Bonchev–Trinajstić information content (AvgIpc) is 3.21. The van der Waals surface area contributed by atoms with Crippen molar-refractivity contribution in [3.63, 3.8) is 0 Å². The first-order valence-corrected chi connectivity index (χ1v) is 10.6. The highest BCUT2D eigenvalue weighted by Crippen LogP contribution is 2.56. The molecule has 4 rings (SSSR count). The zero-order valence-electron chi connectivity index (χ0n) is 18.0. The summed E-state index contributed by atoms with van der Waals surface area (Å²) in [5.41, 5.74) is 0.792. The van der Waals surface area contributed by atoms with Gasteiger partial charge in [-0.15, -0.1) is 0 Å².